The molecule has 0 aliphatic carbocycles. The van der Waals surface area contributed by atoms with Crippen LogP contribution in [-0.4, -0.2) is 53.5 Å². The van der Waals surface area contributed by atoms with Crippen LogP contribution >= 0.6 is 0 Å². The van der Waals surface area contributed by atoms with E-state index in [0.29, 0.717) is 4.46 Å². The Morgan fingerprint density at radius 2 is 2.33 bits per heavy atom. The third kappa shape index (κ3) is 2.43. The normalized spacial score (nSPS) is 27.6. The van der Waals surface area contributed by atoms with Crippen molar-refractivity contribution >= 4 is 19.4 Å². The van der Waals surface area contributed by atoms with Gasteiger partial charge in [-0.05, 0) is 0 Å². The zero-order valence-corrected chi connectivity index (χ0v) is 11.4. The van der Waals surface area contributed by atoms with Gasteiger partial charge in [0, 0.05) is 0 Å². The van der Waals surface area contributed by atoms with Crippen molar-refractivity contribution in [1.82, 2.24) is 9.55 Å². The van der Waals surface area contributed by atoms with E-state index in [9.17, 15) is 14.7 Å². The fourth-order valence-electron chi connectivity index (χ4n) is 1.88. The van der Waals surface area contributed by atoms with Crippen LogP contribution in [0.25, 0.3) is 0 Å². The number of aromatic amines is 1. The van der Waals surface area contributed by atoms with Gasteiger partial charge in [-0.1, -0.05) is 0 Å². The van der Waals surface area contributed by atoms with E-state index in [0.717, 1.165) is 0 Å². The van der Waals surface area contributed by atoms with Crippen molar-refractivity contribution in [1.29, 1.82) is 0 Å². The number of aliphatic hydroxyl groups is 2. The molecule has 0 saturated carbocycles. The van der Waals surface area contributed by atoms with E-state index in [1.165, 1.54) is 10.8 Å². The van der Waals surface area contributed by atoms with Crippen LogP contribution in [0.3, 0.4) is 0 Å². The van der Waals surface area contributed by atoms with E-state index in [-0.39, 0.29) is 33.5 Å². The third-order valence-corrected chi connectivity index (χ3v) is 4.38. The van der Waals surface area contributed by atoms with Gasteiger partial charge >= 0.3 is 108 Å². The summed E-state index contributed by atoms with van der Waals surface area (Å²) in [7, 11) is 0. The molecule has 0 unspecified atom stereocenters. The van der Waals surface area contributed by atoms with Crippen LogP contribution in [0, 0.1) is 0 Å². The van der Waals surface area contributed by atoms with Crippen LogP contribution in [0.4, 0.5) is 0 Å². The monoisotopic (exact) mass is 322 g/mol. The number of rotatable bonds is 3. The quantitative estimate of drug-likeness (QED) is 0.536. The van der Waals surface area contributed by atoms with E-state index in [1.54, 1.807) is 0 Å². The van der Waals surface area contributed by atoms with Crippen molar-refractivity contribution in [3.63, 3.8) is 0 Å². The second kappa shape index (κ2) is 5.38. The first-order valence-corrected chi connectivity index (χ1v) is 7.97. The van der Waals surface area contributed by atoms with Gasteiger partial charge in [0.15, 0.2) is 0 Å². The number of H-pyrrole nitrogens is 1. The zero-order chi connectivity index (χ0) is 13.3. The zero-order valence-electron chi connectivity index (χ0n) is 9.70. The number of aliphatic hydroxyl groups excluding tert-OH is 2. The summed E-state index contributed by atoms with van der Waals surface area (Å²) in [5.74, 6) is 1.87. The number of nitrogens with zero attached hydrogens (tertiary/aromatic N) is 1. The summed E-state index contributed by atoms with van der Waals surface area (Å²) in [5.41, 5.74) is -0.945. The fourth-order valence-corrected chi connectivity index (χ4v) is 2.83. The molecule has 1 saturated heterocycles. The Hall–Kier alpha value is -0.921. The maximum absolute atomic E-state index is 11.7. The molecule has 0 aromatic carbocycles. The van der Waals surface area contributed by atoms with Gasteiger partial charge in [-0.2, -0.15) is 0 Å². The molecule has 18 heavy (non-hydrogen) atoms. The van der Waals surface area contributed by atoms with Gasteiger partial charge in [0.05, 0.1) is 0 Å². The van der Waals surface area contributed by atoms with Crippen LogP contribution in [0.15, 0.2) is 15.8 Å². The molecule has 1 aromatic rings. The standard InChI is InChI=1S/C10H14N2O5Se/c1-18-7-3-12(10(16)11-9(7)15)8-2-5(14)6(4-13)17-8/h3,5-6,8,13-14H,2,4H2,1H3,(H,11,15,16)/t5-,6+,8+/m0/s1. The molecule has 3 N–H and O–H groups in total. The molecule has 0 amide bonds. The Kier molecular flexibility index (Phi) is 4.03. The first-order chi connectivity index (χ1) is 8.56. The summed E-state index contributed by atoms with van der Waals surface area (Å²) in [6, 6.07) is 0. The van der Waals surface area contributed by atoms with E-state index >= 15 is 0 Å². The molecule has 0 radical (unpaired) electrons. The minimum absolute atomic E-state index is 0.0450. The SMILES string of the molecule is C[Se]c1cn([C@H]2C[C@H](O)[C@@H](CO)O2)c(=O)[nH]c1=O. The average molecular weight is 321 g/mol. The van der Waals surface area contributed by atoms with Crippen LogP contribution in [0.2, 0.25) is 5.82 Å². The number of nitrogens with one attached hydrogen (secondary N) is 1. The second-order valence-corrected chi connectivity index (χ2v) is 5.76. The summed E-state index contributed by atoms with van der Waals surface area (Å²) in [4.78, 5) is 25.4. The van der Waals surface area contributed by atoms with Crippen molar-refractivity contribution in [3.05, 3.63) is 27.0 Å². The summed E-state index contributed by atoms with van der Waals surface area (Å²) >= 11 is -0.0450. The van der Waals surface area contributed by atoms with E-state index in [2.05, 4.69) is 4.98 Å². The molecule has 2 rings (SSSR count). The molecule has 8 heteroatoms. The first kappa shape index (κ1) is 13.5. The van der Waals surface area contributed by atoms with Crippen molar-refractivity contribution in [2.24, 2.45) is 0 Å². The summed E-state index contributed by atoms with van der Waals surface area (Å²) in [6.45, 7) is -0.305. The predicted octanol–water partition coefficient (Wildman–Crippen LogP) is -2.45. The third-order valence-electron chi connectivity index (χ3n) is 2.85. The van der Waals surface area contributed by atoms with Gasteiger partial charge in [-0.15, -0.1) is 0 Å². The predicted molar refractivity (Wildman–Crippen MR) is 64.2 cm³/mol. The van der Waals surface area contributed by atoms with Crippen LogP contribution in [0.1, 0.15) is 12.6 Å². The van der Waals surface area contributed by atoms with Crippen LogP contribution < -0.4 is 15.7 Å². The molecule has 7 nitrogen and oxygen atoms in total. The molecule has 1 aliphatic rings. The van der Waals surface area contributed by atoms with Gasteiger partial charge in [-0.3, -0.25) is 0 Å². The summed E-state index contributed by atoms with van der Waals surface area (Å²) < 4.78 is 7.18. The van der Waals surface area contributed by atoms with Crippen molar-refractivity contribution in [2.75, 3.05) is 6.61 Å². The topological polar surface area (TPSA) is 105 Å². The van der Waals surface area contributed by atoms with Gasteiger partial charge in [0.25, 0.3) is 0 Å². The fraction of sp³-hybridized carbons (Fsp3) is 0.600. The Balaban J connectivity index is 2.35. The first-order valence-electron chi connectivity index (χ1n) is 5.40. The summed E-state index contributed by atoms with van der Waals surface area (Å²) in [6.07, 6.45) is -0.465. The molecule has 2 heterocycles. The van der Waals surface area contributed by atoms with Gasteiger partial charge < -0.3 is 0 Å². The Morgan fingerprint density at radius 3 is 2.89 bits per heavy atom. The van der Waals surface area contributed by atoms with Gasteiger partial charge in [-0.25, -0.2) is 0 Å². The van der Waals surface area contributed by atoms with E-state index in [4.69, 9.17) is 9.84 Å². The molecule has 0 bridgehead atoms. The molecule has 1 fully saturated rings. The molecular weight excluding hydrogens is 307 g/mol. The van der Waals surface area contributed by atoms with E-state index < -0.39 is 24.1 Å². The summed E-state index contributed by atoms with van der Waals surface area (Å²) in [5, 5.41) is 18.6. The number of ether oxygens (including phenoxy) is 1. The molecule has 1 aromatic heterocycles. The van der Waals surface area contributed by atoms with Crippen molar-refractivity contribution in [2.45, 2.75) is 30.7 Å². The Morgan fingerprint density at radius 1 is 1.61 bits per heavy atom. The number of hydrogen-bond acceptors (Lipinski definition) is 5. The maximum atomic E-state index is 11.7. The molecular formula is C10H14N2O5Se. The van der Waals surface area contributed by atoms with Crippen LogP contribution in [0.5, 0.6) is 0 Å². The number of hydrogen-bond donors (Lipinski definition) is 3. The molecule has 0 spiro atoms. The van der Waals surface area contributed by atoms with Crippen molar-refractivity contribution in [3.8, 4) is 0 Å². The Labute approximate surface area is 109 Å². The van der Waals surface area contributed by atoms with Gasteiger partial charge in [0.2, 0.25) is 0 Å². The second-order valence-electron chi connectivity index (χ2n) is 3.98. The minimum atomic E-state index is -0.811. The van der Waals surface area contributed by atoms with E-state index in [1.807, 2.05) is 5.82 Å². The molecule has 1 aliphatic heterocycles. The van der Waals surface area contributed by atoms with Crippen LogP contribution in [-0.2, 0) is 4.74 Å². The number of aromatic nitrogens is 2. The molecule has 3 atom stereocenters. The average Bonchev–Trinajstić information content (AvgIpc) is 2.70. The van der Waals surface area contributed by atoms with Crippen molar-refractivity contribution < 1.29 is 14.9 Å². The molecule has 100 valence electrons. The van der Waals surface area contributed by atoms with Gasteiger partial charge in [0.1, 0.15) is 0 Å². The Bertz CT molecular complexity index is 540.